The molecule has 1 aliphatic rings. The van der Waals surface area contributed by atoms with E-state index in [0.717, 1.165) is 30.4 Å². The summed E-state index contributed by atoms with van der Waals surface area (Å²) in [5.74, 6) is 0.0410. The number of ether oxygens (including phenoxy) is 2. The van der Waals surface area contributed by atoms with Crippen molar-refractivity contribution in [2.45, 2.75) is 45.2 Å². The topological polar surface area (TPSA) is 55.8 Å². The van der Waals surface area contributed by atoms with Crippen molar-refractivity contribution < 1.29 is 19.1 Å². The number of piperidine rings is 1. The number of amides is 1. The number of likely N-dealkylation sites (tertiary alicyclic amines) is 1. The van der Waals surface area contributed by atoms with Gasteiger partial charge in [-0.05, 0) is 62.4 Å². The molecule has 0 spiro atoms. The molecule has 0 N–H and O–H groups in total. The first-order valence-electron chi connectivity index (χ1n) is 10.4. The first-order valence-corrected chi connectivity index (χ1v) is 10.4. The Kier molecular flexibility index (Phi) is 7.28. The van der Waals surface area contributed by atoms with Crippen molar-refractivity contribution in [3.05, 3.63) is 65.7 Å². The van der Waals surface area contributed by atoms with Gasteiger partial charge in [0.25, 0.3) is 5.91 Å². The summed E-state index contributed by atoms with van der Waals surface area (Å²) >= 11 is 0. The fourth-order valence-electron chi connectivity index (χ4n) is 3.97. The normalized spacial score (nSPS) is 19.3. The fraction of sp³-hybridized carbons (Fsp3) is 0.360. The van der Waals surface area contributed by atoms with Crippen molar-refractivity contribution in [3.8, 4) is 5.75 Å². The number of esters is 1. The lowest BCUT2D eigenvalue weighted by Gasteiger charge is -2.38. The van der Waals surface area contributed by atoms with Gasteiger partial charge in [-0.3, -0.25) is 4.79 Å². The van der Waals surface area contributed by atoms with Gasteiger partial charge in [0.15, 0.2) is 6.61 Å². The van der Waals surface area contributed by atoms with Gasteiger partial charge >= 0.3 is 5.97 Å². The third kappa shape index (κ3) is 5.29. The first-order chi connectivity index (χ1) is 14.5. The molecule has 5 nitrogen and oxygen atoms in total. The molecule has 1 aliphatic heterocycles. The molecule has 158 valence electrons. The molecule has 0 bridgehead atoms. The Labute approximate surface area is 178 Å². The number of nitrogens with zero attached hydrogens (tertiary/aromatic N) is 1. The van der Waals surface area contributed by atoms with Gasteiger partial charge in [0.1, 0.15) is 5.75 Å². The average Bonchev–Trinajstić information content (AvgIpc) is 2.76. The molecule has 2 atom stereocenters. The van der Waals surface area contributed by atoms with Crippen LogP contribution in [0.4, 0.5) is 0 Å². The van der Waals surface area contributed by atoms with Crippen LogP contribution in [0.15, 0.2) is 54.6 Å². The van der Waals surface area contributed by atoms with E-state index in [9.17, 15) is 9.59 Å². The fourth-order valence-corrected chi connectivity index (χ4v) is 3.97. The first kappa shape index (κ1) is 21.6. The van der Waals surface area contributed by atoms with Crippen LogP contribution >= 0.6 is 0 Å². The van der Waals surface area contributed by atoms with Gasteiger partial charge in [0.2, 0.25) is 0 Å². The van der Waals surface area contributed by atoms with Gasteiger partial charge in [-0.15, -0.1) is 0 Å². The minimum absolute atomic E-state index is 0.142. The van der Waals surface area contributed by atoms with Crippen LogP contribution in [-0.2, 0) is 14.3 Å². The second-order valence-electron chi connectivity index (χ2n) is 7.71. The van der Waals surface area contributed by atoms with Gasteiger partial charge in [0.05, 0.1) is 12.7 Å². The summed E-state index contributed by atoms with van der Waals surface area (Å²) in [5.41, 5.74) is 1.95. The zero-order valence-electron chi connectivity index (χ0n) is 17.8. The monoisotopic (exact) mass is 407 g/mol. The smallest absolute Gasteiger partial charge is 0.339 e. The van der Waals surface area contributed by atoms with Crippen LogP contribution in [0.3, 0.4) is 0 Å². The molecule has 5 heteroatoms. The average molecular weight is 408 g/mol. The minimum Gasteiger partial charge on any atom is -0.497 e. The second-order valence-corrected chi connectivity index (χ2v) is 7.71. The summed E-state index contributed by atoms with van der Waals surface area (Å²) in [6.45, 7) is 3.84. The maximum Gasteiger partial charge on any atom is 0.339 e. The molecule has 0 saturated carbocycles. The molecule has 2 aromatic rings. The van der Waals surface area contributed by atoms with Crippen LogP contribution in [0.25, 0.3) is 11.6 Å². The molecular weight excluding hydrogens is 378 g/mol. The zero-order chi connectivity index (χ0) is 21.5. The molecule has 1 amide bonds. The van der Waals surface area contributed by atoms with Crippen LogP contribution in [0, 0.1) is 0 Å². The van der Waals surface area contributed by atoms with E-state index in [4.69, 9.17) is 9.47 Å². The molecule has 1 heterocycles. The number of benzene rings is 2. The molecule has 0 unspecified atom stereocenters. The van der Waals surface area contributed by atoms with E-state index in [1.807, 2.05) is 73.3 Å². The van der Waals surface area contributed by atoms with Gasteiger partial charge in [-0.2, -0.15) is 0 Å². The lowest BCUT2D eigenvalue weighted by atomic mass is 9.97. The summed E-state index contributed by atoms with van der Waals surface area (Å²) in [6.07, 6.45) is 4.84. The number of hydrogen-bond donors (Lipinski definition) is 0. The third-order valence-corrected chi connectivity index (χ3v) is 5.52. The number of hydrogen-bond acceptors (Lipinski definition) is 4. The van der Waals surface area contributed by atoms with E-state index in [2.05, 4.69) is 0 Å². The second kappa shape index (κ2) is 10.1. The highest BCUT2D eigenvalue weighted by Gasteiger charge is 2.29. The summed E-state index contributed by atoms with van der Waals surface area (Å²) in [4.78, 5) is 27.5. The maximum atomic E-state index is 13.0. The Hall–Kier alpha value is -3.08. The number of carbonyl (C=O) groups excluding carboxylic acids is 2. The Morgan fingerprint density at radius 2 is 1.73 bits per heavy atom. The largest absolute Gasteiger partial charge is 0.497 e. The van der Waals surface area contributed by atoms with Crippen molar-refractivity contribution in [3.63, 3.8) is 0 Å². The SMILES string of the molecule is COc1cccc(/C=C(/C(=O)OCC(=O)N2[C@@H](C)CCC[C@@H]2C)c2ccccc2)c1. The molecule has 0 aromatic heterocycles. The Morgan fingerprint density at radius 1 is 1.03 bits per heavy atom. The molecule has 3 rings (SSSR count). The molecule has 30 heavy (non-hydrogen) atoms. The Morgan fingerprint density at radius 3 is 2.40 bits per heavy atom. The maximum absolute atomic E-state index is 13.0. The zero-order valence-corrected chi connectivity index (χ0v) is 17.8. The van der Waals surface area contributed by atoms with E-state index < -0.39 is 5.97 Å². The summed E-state index contributed by atoms with van der Waals surface area (Å²) in [7, 11) is 1.60. The quantitative estimate of drug-likeness (QED) is 0.400. The Bertz CT molecular complexity index is 896. The molecule has 1 fully saturated rings. The standard InChI is InChI=1S/C25H29NO4/c1-18-9-7-10-19(2)26(18)24(27)17-30-25(28)23(21-12-5-4-6-13-21)16-20-11-8-14-22(15-20)29-3/h4-6,8,11-16,18-19H,7,9-10,17H2,1-3H3/b23-16+/t18-,19-/m0/s1. The van der Waals surface area contributed by atoms with Gasteiger partial charge in [0, 0.05) is 12.1 Å². The highest BCUT2D eigenvalue weighted by Crippen LogP contribution is 2.24. The third-order valence-electron chi connectivity index (χ3n) is 5.52. The lowest BCUT2D eigenvalue weighted by molar-refractivity contribution is -0.151. The van der Waals surface area contributed by atoms with Crippen LogP contribution in [0.5, 0.6) is 5.75 Å². The molecule has 0 aliphatic carbocycles. The van der Waals surface area contributed by atoms with Crippen LogP contribution in [0.2, 0.25) is 0 Å². The summed E-state index contributed by atoms with van der Waals surface area (Å²) < 4.78 is 10.7. The van der Waals surface area contributed by atoms with E-state index in [1.54, 1.807) is 13.2 Å². The van der Waals surface area contributed by atoms with Crippen molar-refractivity contribution in [2.75, 3.05) is 13.7 Å². The highest BCUT2D eigenvalue weighted by molar-refractivity contribution is 6.21. The molecule has 0 radical (unpaired) electrons. The highest BCUT2D eigenvalue weighted by atomic mass is 16.5. The molecule has 2 aromatic carbocycles. The van der Waals surface area contributed by atoms with Gasteiger partial charge < -0.3 is 14.4 Å². The number of rotatable bonds is 6. The van der Waals surface area contributed by atoms with Crippen LogP contribution in [0.1, 0.15) is 44.2 Å². The van der Waals surface area contributed by atoms with E-state index in [0.29, 0.717) is 11.3 Å². The van der Waals surface area contributed by atoms with Crippen LogP contribution < -0.4 is 4.74 Å². The molecular formula is C25H29NO4. The lowest BCUT2D eigenvalue weighted by Crippen LogP contribution is -2.49. The van der Waals surface area contributed by atoms with E-state index >= 15 is 0 Å². The Balaban J connectivity index is 1.79. The van der Waals surface area contributed by atoms with Crippen molar-refractivity contribution in [1.29, 1.82) is 0 Å². The predicted octanol–water partition coefficient (Wildman–Crippen LogP) is 4.57. The van der Waals surface area contributed by atoms with E-state index in [-0.39, 0.29) is 24.6 Å². The van der Waals surface area contributed by atoms with Gasteiger partial charge in [-0.25, -0.2) is 4.79 Å². The van der Waals surface area contributed by atoms with Crippen molar-refractivity contribution in [1.82, 2.24) is 4.90 Å². The summed E-state index contributed by atoms with van der Waals surface area (Å²) in [6, 6.07) is 17.1. The predicted molar refractivity (Wildman–Crippen MR) is 118 cm³/mol. The van der Waals surface area contributed by atoms with Crippen molar-refractivity contribution >= 4 is 23.5 Å². The van der Waals surface area contributed by atoms with Gasteiger partial charge in [-0.1, -0.05) is 42.5 Å². The van der Waals surface area contributed by atoms with E-state index in [1.165, 1.54) is 0 Å². The number of methoxy groups -OCH3 is 1. The molecule has 1 saturated heterocycles. The minimum atomic E-state index is -0.519. The van der Waals surface area contributed by atoms with Crippen molar-refractivity contribution in [2.24, 2.45) is 0 Å². The number of carbonyl (C=O) groups is 2. The summed E-state index contributed by atoms with van der Waals surface area (Å²) in [5, 5.41) is 0. The van der Waals surface area contributed by atoms with Crippen LogP contribution in [-0.4, -0.2) is 42.6 Å².